The van der Waals surface area contributed by atoms with Gasteiger partial charge in [0.2, 0.25) is 0 Å². The third-order valence-corrected chi connectivity index (χ3v) is 1.66. The van der Waals surface area contributed by atoms with Gasteiger partial charge in [-0.3, -0.25) is 0 Å². The Balaban J connectivity index is 2.98. The molecule has 1 rings (SSSR count). The fourth-order valence-electron chi connectivity index (χ4n) is 0.757. The van der Waals surface area contributed by atoms with Gasteiger partial charge < -0.3 is 4.18 Å². The summed E-state index contributed by atoms with van der Waals surface area (Å²) in [5.41, 5.74) is 0.568. The van der Waals surface area contributed by atoms with Crippen molar-refractivity contribution in [1.82, 2.24) is 0 Å². The van der Waals surface area contributed by atoms with Gasteiger partial charge in [0.15, 0.2) is 0 Å². The van der Waals surface area contributed by atoms with Crippen molar-refractivity contribution in [2.75, 3.05) is 0 Å². The first kappa shape index (κ1) is 8.99. The van der Waals surface area contributed by atoms with E-state index in [0.29, 0.717) is 5.56 Å². The van der Waals surface area contributed by atoms with E-state index >= 15 is 0 Å². The SMILES string of the molecule is Cc1ccccc1OS(=O)(=O)F. The lowest BCUT2D eigenvalue weighted by atomic mass is 10.2. The lowest BCUT2D eigenvalue weighted by Gasteiger charge is -2.01. The first-order chi connectivity index (χ1) is 5.49. The molecular formula is C7H7FO3S. The number of benzene rings is 1. The maximum absolute atomic E-state index is 12.0. The molecule has 0 heterocycles. The fourth-order valence-corrected chi connectivity index (χ4v) is 1.16. The van der Waals surface area contributed by atoms with Gasteiger partial charge in [-0.25, -0.2) is 0 Å². The van der Waals surface area contributed by atoms with Crippen molar-refractivity contribution in [3.05, 3.63) is 29.8 Å². The van der Waals surface area contributed by atoms with Crippen molar-refractivity contribution in [1.29, 1.82) is 0 Å². The second-order valence-corrected chi connectivity index (χ2v) is 3.19. The van der Waals surface area contributed by atoms with Crippen LogP contribution < -0.4 is 4.18 Å². The first-order valence-corrected chi connectivity index (χ1v) is 4.49. The monoisotopic (exact) mass is 190 g/mol. The molecule has 0 unspecified atom stereocenters. The Labute approximate surface area is 70.2 Å². The molecular weight excluding hydrogens is 183 g/mol. The average molecular weight is 190 g/mol. The second kappa shape index (κ2) is 3.10. The van der Waals surface area contributed by atoms with Gasteiger partial charge in [0.1, 0.15) is 5.75 Å². The molecule has 1 aromatic carbocycles. The summed E-state index contributed by atoms with van der Waals surface area (Å²) >= 11 is 0. The zero-order chi connectivity index (χ0) is 9.19. The molecule has 0 aromatic heterocycles. The quantitative estimate of drug-likeness (QED) is 0.665. The van der Waals surface area contributed by atoms with E-state index in [9.17, 15) is 12.3 Å². The Kier molecular flexibility index (Phi) is 2.32. The van der Waals surface area contributed by atoms with Crippen molar-refractivity contribution in [3.63, 3.8) is 0 Å². The summed E-state index contributed by atoms with van der Waals surface area (Å²) in [5.74, 6) is 0.0139. The topological polar surface area (TPSA) is 43.4 Å². The molecule has 0 amide bonds. The van der Waals surface area contributed by atoms with Gasteiger partial charge >= 0.3 is 10.5 Å². The molecule has 0 spiro atoms. The highest BCUT2D eigenvalue weighted by molar-refractivity contribution is 7.81. The minimum absolute atomic E-state index is 0.0139. The molecule has 1 aromatic rings. The minimum Gasteiger partial charge on any atom is -0.358 e. The Bertz CT molecular complexity index is 372. The van der Waals surface area contributed by atoms with Crippen molar-refractivity contribution in [3.8, 4) is 5.75 Å². The van der Waals surface area contributed by atoms with Crippen LogP contribution in [0.1, 0.15) is 5.56 Å². The van der Waals surface area contributed by atoms with Gasteiger partial charge in [-0.05, 0) is 18.6 Å². The molecule has 0 aliphatic heterocycles. The number of hydrogen-bond acceptors (Lipinski definition) is 3. The molecule has 5 heteroatoms. The summed E-state index contributed by atoms with van der Waals surface area (Å²) in [6, 6.07) is 6.27. The van der Waals surface area contributed by atoms with E-state index in [1.807, 2.05) is 0 Å². The van der Waals surface area contributed by atoms with Crippen LogP contribution in [0.4, 0.5) is 3.89 Å². The van der Waals surface area contributed by atoms with Gasteiger partial charge in [0.05, 0.1) is 0 Å². The highest BCUT2D eigenvalue weighted by Gasteiger charge is 2.10. The van der Waals surface area contributed by atoms with Crippen molar-refractivity contribution in [2.45, 2.75) is 6.92 Å². The zero-order valence-corrected chi connectivity index (χ0v) is 7.14. The zero-order valence-electron chi connectivity index (χ0n) is 6.32. The molecule has 0 saturated heterocycles. The summed E-state index contributed by atoms with van der Waals surface area (Å²) < 4.78 is 36.2. The van der Waals surface area contributed by atoms with Crippen LogP contribution in [0.2, 0.25) is 0 Å². The third kappa shape index (κ3) is 2.50. The van der Waals surface area contributed by atoms with E-state index < -0.39 is 10.5 Å². The molecule has 0 radical (unpaired) electrons. The van der Waals surface area contributed by atoms with Crippen LogP contribution in [0.3, 0.4) is 0 Å². The third-order valence-electron chi connectivity index (χ3n) is 1.28. The smallest absolute Gasteiger partial charge is 0.358 e. The average Bonchev–Trinajstić information content (AvgIpc) is 1.91. The van der Waals surface area contributed by atoms with E-state index in [1.165, 1.54) is 6.07 Å². The summed E-state index contributed by atoms with van der Waals surface area (Å²) in [6.07, 6.45) is 0. The van der Waals surface area contributed by atoms with Crippen molar-refractivity contribution in [2.24, 2.45) is 0 Å². The summed E-state index contributed by atoms with van der Waals surface area (Å²) in [7, 11) is -4.90. The number of halogens is 1. The molecule has 0 saturated carbocycles. The largest absolute Gasteiger partial charge is 0.488 e. The Morgan fingerprint density at radius 2 is 1.92 bits per heavy atom. The standard InChI is InChI=1S/C7H7FO3S/c1-6-4-2-3-5-7(6)11-12(8,9)10/h2-5H,1H3. The first-order valence-electron chi connectivity index (χ1n) is 3.19. The van der Waals surface area contributed by atoms with Crippen molar-refractivity contribution < 1.29 is 16.5 Å². The van der Waals surface area contributed by atoms with Gasteiger partial charge in [-0.2, -0.15) is 8.42 Å². The molecule has 66 valence electrons. The molecule has 3 nitrogen and oxygen atoms in total. The normalized spacial score (nSPS) is 11.2. The maximum Gasteiger partial charge on any atom is 0.488 e. The van der Waals surface area contributed by atoms with E-state index in [4.69, 9.17) is 0 Å². The van der Waals surface area contributed by atoms with E-state index in [2.05, 4.69) is 4.18 Å². The van der Waals surface area contributed by atoms with Gasteiger partial charge in [0, 0.05) is 0 Å². The summed E-state index contributed by atoms with van der Waals surface area (Å²) in [5, 5.41) is 0. The van der Waals surface area contributed by atoms with Crippen LogP contribution >= 0.6 is 0 Å². The number of para-hydroxylation sites is 1. The van der Waals surface area contributed by atoms with Crippen LogP contribution in [-0.4, -0.2) is 8.42 Å². The Morgan fingerprint density at radius 3 is 2.42 bits per heavy atom. The van der Waals surface area contributed by atoms with Gasteiger partial charge in [-0.1, -0.05) is 22.1 Å². The molecule has 0 N–H and O–H groups in total. The number of rotatable bonds is 2. The van der Waals surface area contributed by atoms with Crippen LogP contribution in [0.5, 0.6) is 5.75 Å². The van der Waals surface area contributed by atoms with E-state index in [-0.39, 0.29) is 5.75 Å². The van der Waals surface area contributed by atoms with E-state index in [0.717, 1.165) is 0 Å². The number of aryl methyl sites for hydroxylation is 1. The molecule has 0 fully saturated rings. The van der Waals surface area contributed by atoms with Crippen LogP contribution in [0.25, 0.3) is 0 Å². The van der Waals surface area contributed by atoms with E-state index in [1.54, 1.807) is 25.1 Å². The van der Waals surface area contributed by atoms with Crippen LogP contribution in [0, 0.1) is 6.92 Å². The fraction of sp³-hybridized carbons (Fsp3) is 0.143. The Hall–Kier alpha value is -1.10. The van der Waals surface area contributed by atoms with Crippen LogP contribution in [0.15, 0.2) is 24.3 Å². The van der Waals surface area contributed by atoms with Crippen LogP contribution in [-0.2, 0) is 10.5 Å². The molecule has 0 aliphatic rings. The molecule has 0 atom stereocenters. The number of hydrogen-bond donors (Lipinski definition) is 0. The molecule has 12 heavy (non-hydrogen) atoms. The second-order valence-electron chi connectivity index (χ2n) is 2.24. The molecule has 0 bridgehead atoms. The van der Waals surface area contributed by atoms with Gasteiger partial charge in [0.25, 0.3) is 0 Å². The Morgan fingerprint density at radius 1 is 1.33 bits per heavy atom. The highest BCUT2D eigenvalue weighted by Crippen LogP contribution is 2.18. The lowest BCUT2D eigenvalue weighted by molar-refractivity contribution is 0.438. The van der Waals surface area contributed by atoms with Crippen molar-refractivity contribution >= 4 is 10.5 Å². The predicted octanol–water partition coefficient (Wildman–Crippen LogP) is 1.59. The summed E-state index contributed by atoms with van der Waals surface area (Å²) in [4.78, 5) is 0. The predicted molar refractivity (Wildman–Crippen MR) is 41.8 cm³/mol. The summed E-state index contributed by atoms with van der Waals surface area (Å²) in [6.45, 7) is 1.63. The highest BCUT2D eigenvalue weighted by atomic mass is 32.3. The van der Waals surface area contributed by atoms with Gasteiger partial charge in [-0.15, -0.1) is 0 Å². The lowest BCUT2D eigenvalue weighted by Crippen LogP contribution is -2.02. The molecule has 0 aliphatic carbocycles. The maximum atomic E-state index is 12.0. The minimum atomic E-state index is -4.90.